The van der Waals surface area contributed by atoms with Crippen LogP contribution in [0.3, 0.4) is 0 Å². The third-order valence-corrected chi connectivity index (χ3v) is 1.93. The zero-order valence-corrected chi connectivity index (χ0v) is 7.81. The summed E-state index contributed by atoms with van der Waals surface area (Å²) in [5.74, 6) is 0.0207. The van der Waals surface area contributed by atoms with Crippen molar-refractivity contribution in [3.8, 4) is 0 Å². The number of hydrogen-bond acceptors (Lipinski definition) is 1. The molecule has 0 aliphatic carbocycles. The van der Waals surface area contributed by atoms with Crippen molar-refractivity contribution in [2.45, 2.75) is 13.3 Å². The molecule has 0 amide bonds. The van der Waals surface area contributed by atoms with Gasteiger partial charge in [0.2, 0.25) is 0 Å². The third-order valence-electron chi connectivity index (χ3n) is 1.93. The Morgan fingerprint density at radius 2 is 2.00 bits per heavy atom. The number of carbonyl (C=O) groups excluding carboxylic acids is 1. The zero-order valence-electron chi connectivity index (χ0n) is 7.81. The van der Waals surface area contributed by atoms with E-state index in [2.05, 4.69) is 0 Å². The molecule has 0 radical (unpaired) electrons. The molecule has 1 unspecified atom stereocenters. The number of allylic oxidation sites excluding steroid dienone is 2. The fourth-order valence-electron chi connectivity index (χ4n) is 1.29. The molecule has 1 heteroatoms. The van der Waals surface area contributed by atoms with Crippen molar-refractivity contribution in [3.63, 3.8) is 0 Å². The summed E-state index contributed by atoms with van der Waals surface area (Å²) in [6, 6.07) is 10.1. The van der Waals surface area contributed by atoms with Gasteiger partial charge in [-0.05, 0) is 18.9 Å². The van der Waals surface area contributed by atoms with Gasteiger partial charge in [0.25, 0.3) is 0 Å². The predicted octanol–water partition coefficient (Wildman–Crippen LogP) is 2.62. The summed E-state index contributed by atoms with van der Waals surface area (Å²) in [5, 5.41) is 0. The maximum Gasteiger partial charge on any atom is 0.127 e. The lowest BCUT2D eigenvalue weighted by molar-refractivity contribution is -0.109. The van der Waals surface area contributed by atoms with E-state index >= 15 is 0 Å². The molecule has 0 N–H and O–H groups in total. The van der Waals surface area contributed by atoms with Crippen molar-refractivity contribution in [2.24, 2.45) is 5.92 Å². The second-order valence-electron chi connectivity index (χ2n) is 3.02. The molecule has 0 heterocycles. The Morgan fingerprint density at radius 1 is 1.31 bits per heavy atom. The molecule has 1 atom stereocenters. The average molecular weight is 174 g/mol. The van der Waals surface area contributed by atoms with Gasteiger partial charge in [-0.25, -0.2) is 0 Å². The average Bonchev–Trinajstić information content (AvgIpc) is 2.19. The minimum Gasteiger partial charge on any atom is -0.303 e. The van der Waals surface area contributed by atoms with Crippen molar-refractivity contribution < 1.29 is 4.79 Å². The standard InChI is InChI=1S/C12H14O/c1-2-6-12(10-13)9-11-7-4-3-5-8-11/h2-8,10,12H,9H2,1H3. The lowest BCUT2D eigenvalue weighted by Gasteiger charge is -2.03. The van der Waals surface area contributed by atoms with Crippen LogP contribution in [0, 0.1) is 5.92 Å². The molecule has 1 rings (SSSR count). The molecular weight excluding hydrogens is 160 g/mol. The Bertz CT molecular complexity index is 274. The smallest absolute Gasteiger partial charge is 0.127 e. The third kappa shape index (κ3) is 3.24. The summed E-state index contributed by atoms with van der Waals surface area (Å²) in [4.78, 5) is 10.6. The Hall–Kier alpha value is -1.37. The van der Waals surface area contributed by atoms with Crippen LogP contribution >= 0.6 is 0 Å². The molecule has 0 spiro atoms. The number of rotatable bonds is 4. The monoisotopic (exact) mass is 174 g/mol. The first-order valence-corrected chi connectivity index (χ1v) is 4.49. The Labute approximate surface area is 79.1 Å². The lowest BCUT2D eigenvalue weighted by Crippen LogP contribution is -2.02. The fraction of sp³-hybridized carbons (Fsp3) is 0.250. The van der Waals surface area contributed by atoms with Crippen LogP contribution in [0.15, 0.2) is 42.5 Å². The molecule has 1 aromatic carbocycles. The highest BCUT2D eigenvalue weighted by Crippen LogP contribution is 2.07. The molecule has 1 nitrogen and oxygen atoms in total. The van der Waals surface area contributed by atoms with Crippen LogP contribution in [-0.4, -0.2) is 6.29 Å². The van der Waals surface area contributed by atoms with Crippen LogP contribution < -0.4 is 0 Å². The number of carbonyl (C=O) groups is 1. The summed E-state index contributed by atoms with van der Waals surface area (Å²) >= 11 is 0. The summed E-state index contributed by atoms with van der Waals surface area (Å²) in [6.45, 7) is 1.93. The first-order valence-electron chi connectivity index (χ1n) is 4.49. The summed E-state index contributed by atoms with van der Waals surface area (Å²) < 4.78 is 0. The van der Waals surface area contributed by atoms with Gasteiger partial charge in [-0.3, -0.25) is 0 Å². The van der Waals surface area contributed by atoms with E-state index in [1.165, 1.54) is 5.56 Å². The number of hydrogen-bond donors (Lipinski definition) is 0. The van der Waals surface area contributed by atoms with Crippen molar-refractivity contribution >= 4 is 6.29 Å². The van der Waals surface area contributed by atoms with Gasteiger partial charge in [0.05, 0.1) is 0 Å². The van der Waals surface area contributed by atoms with Crippen LogP contribution in [0.1, 0.15) is 12.5 Å². The topological polar surface area (TPSA) is 17.1 Å². The molecule has 0 aromatic heterocycles. The molecule has 0 aliphatic rings. The molecule has 13 heavy (non-hydrogen) atoms. The van der Waals surface area contributed by atoms with Gasteiger partial charge in [0.15, 0.2) is 0 Å². The highest BCUT2D eigenvalue weighted by atomic mass is 16.1. The van der Waals surface area contributed by atoms with Crippen LogP contribution in [-0.2, 0) is 11.2 Å². The Morgan fingerprint density at radius 3 is 2.54 bits per heavy atom. The zero-order chi connectivity index (χ0) is 9.52. The molecule has 0 aliphatic heterocycles. The van der Waals surface area contributed by atoms with E-state index in [1.54, 1.807) is 0 Å². The molecule has 1 aromatic rings. The molecule has 68 valence electrons. The van der Waals surface area contributed by atoms with Gasteiger partial charge in [0, 0.05) is 5.92 Å². The van der Waals surface area contributed by atoms with Crippen LogP contribution in [0.5, 0.6) is 0 Å². The molecular formula is C12H14O. The molecule has 0 fully saturated rings. The van der Waals surface area contributed by atoms with E-state index in [-0.39, 0.29) is 5.92 Å². The van der Waals surface area contributed by atoms with Gasteiger partial charge in [-0.1, -0.05) is 42.5 Å². The summed E-state index contributed by atoms with van der Waals surface area (Å²) in [6.07, 6.45) is 5.64. The number of benzene rings is 1. The summed E-state index contributed by atoms with van der Waals surface area (Å²) in [5.41, 5.74) is 1.21. The minimum absolute atomic E-state index is 0.0207. The maximum absolute atomic E-state index is 10.6. The molecule has 0 saturated heterocycles. The first-order chi connectivity index (χ1) is 6.36. The second kappa shape index (κ2) is 5.31. The van der Waals surface area contributed by atoms with Crippen LogP contribution in [0.2, 0.25) is 0 Å². The largest absolute Gasteiger partial charge is 0.303 e. The van der Waals surface area contributed by atoms with Crippen molar-refractivity contribution in [1.82, 2.24) is 0 Å². The SMILES string of the molecule is CC=CC(C=O)Cc1ccccc1. The van der Waals surface area contributed by atoms with Crippen molar-refractivity contribution in [2.75, 3.05) is 0 Å². The van der Waals surface area contributed by atoms with E-state index in [1.807, 2.05) is 49.4 Å². The first kappa shape index (κ1) is 9.72. The predicted molar refractivity (Wildman–Crippen MR) is 54.5 cm³/mol. The fourth-order valence-corrected chi connectivity index (χ4v) is 1.29. The van der Waals surface area contributed by atoms with Gasteiger partial charge < -0.3 is 4.79 Å². The number of aldehydes is 1. The van der Waals surface area contributed by atoms with E-state index in [9.17, 15) is 4.79 Å². The maximum atomic E-state index is 10.6. The van der Waals surface area contributed by atoms with Crippen molar-refractivity contribution in [3.05, 3.63) is 48.0 Å². The molecule has 0 saturated carbocycles. The Kier molecular flexibility index (Phi) is 3.97. The van der Waals surface area contributed by atoms with E-state index in [4.69, 9.17) is 0 Å². The lowest BCUT2D eigenvalue weighted by atomic mass is 10.0. The van der Waals surface area contributed by atoms with E-state index in [0.717, 1.165) is 12.7 Å². The minimum atomic E-state index is 0.0207. The van der Waals surface area contributed by atoms with Gasteiger partial charge in [0.1, 0.15) is 6.29 Å². The Balaban J connectivity index is 2.62. The van der Waals surface area contributed by atoms with E-state index in [0.29, 0.717) is 0 Å². The normalized spacial score (nSPS) is 13.0. The highest BCUT2D eigenvalue weighted by molar-refractivity contribution is 5.57. The van der Waals surface area contributed by atoms with Gasteiger partial charge in [-0.15, -0.1) is 0 Å². The highest BCUT2D eigenvalue weighted by Gasteiger charge is 2.02. The van der Waals surface area contributed by atoms with Gasteiger partial charge >= 0.3 is 0 Å². The quantitative estimate of drug-likeness (QED) is 0.506. The van der Waals surface area contributed by atoms with Gasteiger partial charge in [-0.2, -0.15) is 0 Å². The van der Waals surface area contributed by atoms with Crippen molar-refractivity contribution in [1.29, 1.82) is 0 Å². The molecule has 0 bridgehead atoms. The van der Waals surface area contributed by atoms with E-state index < -0.39 is 0 Å². The van der Waals surface area contributed by atoms with Crippen LogP contribution in [0.25, 0.3) is 0 Å². The second-order valence-corrected chi connectivity index (χ2v) is 3.02. The summed E-state index contributed by atoms with van der Waals surface area (Å²) in [7, 11) is 0. The van der Waals surface area contributed by atoms with Crippen LogP contribution in [0.4, 0.5) is 0 Å².